The fourth-order valence-electron chi connectivity index (χ4n) is 3.23. The molecule has 1 fully saturated rings. The number of aryl methyl sites for hydroxylation is 1. The molecule has 144 valence electrons. The van der Waals surface area contributed by atoms with Crippen molar-refractivity contribution < 1.29 is 14.0 Å². The second-order valence-electron chi connectivity index (χ2n) is 7.21. The first kappa shape index (κ1) is 18.9. The smallest absolute Gasteiger partial charge is 0.273 e. The van der Waals surface area contributed by atoms with E-state index in [1.54, 1.807) is 11.8 Å². The third-order valence-corrected chi connectivity index (χ3v) is 4.38. The maximum atomic E-state index is 13.1. The predicted molar refractivity (Wildman–Crippen MR) is 95.1 cm³/mol. The van der Waals surface area contributed by atoms with Gasteiger partial charge in [0.1, 0.15) is 17.3 Å². The number of carbonyl (C=O) groups is 2. The first-order chi connectivity index (χ1) is 12.8. The van der Waals surface area contributed by atoms with Gasteiger partial charge in [0.2, 0.25) is 5.91 Å². The van der Waals surface area contributed by atoms with Crippen LogP contribution in [0.4, 0.5) is 4.39 Å². The van der Waals surface area contributed by atoms with Crippen molar-refractivity contribution in [2.24, 2.45) is 5.92 Å². The number of nitrogens with zero attached hydrogens (tertiary/aromatic N) is 4. The molecule has 1 saturated heterocycles. The average molecular weight is 374 g/mol. The highest BCUT2D eigenvalue weighted by Crippen LogP contribution is 2.31. The Morgan fingerprint density at radius 3 is 2.78 bits per heavy atom. The van der Waals surface area contributed by atoms with Crippen LogP contribution in [0.3, 0.4) is 0 Å². The normalized spacial score (nSPS) is 19.5. The largest absolute Gasteiger partial charge is 0.351 e. The quantitative estimate of drug-likeness (QED) is 0.830. The third kappa shape index (κ3) is 4.47. The van der Waals surface area contributed by atoms with Crippen molar-refractivity contribution in [1.82, 2.24) is 30.4 Å². The van der Waals surface area contributed by atoms with E-state index in [9.17, 15) is 14.0 Å². The number of halogens is 1. The summed E-state index contributed by atoms with van der Waals surface area (Å²) in [5.41, 5.74) is 0.141. The minimum absolute atomic E-state index is 0.0471. The van der Waals surface area contributed by atoms with Crippen molar-refractivity contribution in [2.75, 3.05) is 6.54 Å². The minimum Gasteiger partial charge on any atom is -0.351 e. The van der Waals surface area contributed by atoms with E-state index in [0.717, 1.165) is 6.20 Å². The predicted octanol–water partition coefficient (Wildman–Crippen LogP) is 1.77. The molecule has 3 heterocycles. The van der Waals surface area contributed by atoms with Crippen molar-refractivity contribution in [1.29, 1.82) is 0 Å². The molecule has 2 aromatic heterocycles. The molecule has 0 saturated carbocycles. The van der Waals surface area contributed by atoms with E-state index in [-0.39, 0.29) is 29.5 Å². The first-order valence-corrected chi connectivity index (χ1v) is 8.94. The average Bonchev–Trinajstić information content (AvgIpc) is 3.20. The van der Waals surface area contributed by atoms with Crippen LogP contribution >= 0.6 is 0 Å². The summed E-state index contributed by atoms with van der Waals surface area (Å²) in [6.45, 7) is 6.05. The molecule has 2 N–H and O–H groups in total. The van der Waals surface area contributed by atoms with Gasteiger partial charge in [-0.15, -0.1) is 0 Å². The van der Waals surface area contributed by atoms with Crippen LogP contribution in [0.25, 0.3) is 0 Å². The summed E-state index contributed by atoms with van der Waals surface area (Å²) < 4.78 is 13.1. The molecule has 27 heavy (non-hydrogen) atoms. The number of H-pyrrole nitrogens is 1. The zero-order chi connectivity index (χ0) is 19.6. The van der Waals surface area contributed by atoms with Gasteiger partial charge in [0.05, 0.1) is 12.2 Å². The van der Waals surface area contributed by atoms with Crippen molar-refractivity contribution in [3.8, 4) is 0 Å². The van der Waals surface area contributed by atoms with Gasteiger partial charge in [-0.05, 0) is 31.4 Å². The summed E-state index contributed by atoms with van der Waals surface area (Å²) in [7, 11) is 0. The third-order valence-electron chi connectivity index (χ3n) is 4.38. The van der Waals surface area contributed by atoms with Crippen LogP contribution in [-0.2, 0) is 4.79 Å². The molecule has 2 atom stereocenters. The summed E-state index contributed by atoms with van der Waals surface area (Å²) >= 11 is 0. The number of likely N-dealkylation sites (tertiary alicyclic amines) is 1. The lowest BCUT2D eigenvalue weighted by Crippen LogP contribution is -2.39. The molecule has 9 heteroatoms. The van der Waals surface area contributed by atoms with E-state index in [2.05, 4.69) is 25.5 Å². The molecule has 0 unspecified atom stereocenters. The molecule has 8 nitrogen and oxygen atoms in total. The summed E-state index contributed by atoms with van der Waals surface area (Å²) in [5, 5.41) is 9.94. The molecule has 0 aliphatic carbocycles. The maximum Gasteiger partial charge on any atom is 0.273 e. The molecule has 3 rings (SSSR count). The van der Waals surface area contributed by atoms with Crippen molar-refractivity contribution >= 4 is 11.8 Å². The standard InChI is InChI=1S/C18H23FN6O2/c1-10(2)6-16(26)22-13-7-15(17-21-11(3)23-24-17)25(9-13)18(27)14-5-4-12(19)8-20-14/h4-5,8,10,13,15H,6-7,9H2,1-3H3,(H,22,26)(H,21,23,24)/t13-,15-/m0/s1. The number of aromatic amines is 1. The maximum absolute atomic E-state index is 13.1. The molecular formula is C18H23FN6O2. The number of carbonyl (C=O) groups excluding carboxylic acids is 2. The topological polar surface area (TPSA) is 104 Å². The fourth-order valence-corrected chi connectivity index (χ4v) is 3.23. The van der Waals surface area contributed by atoms with Gasteiger partial charge in [-0.2, -0.15) is 5.10 Å². The van der Waals surface area contributed by atoms with Crippen molar-refractivity contribution in [3.63, 3.8) is 0 Å². The van der Waals surface area contributed by atoms with E-state index in [4.69, 9.17) is 0 Å². The van der Waals surface area contributed by atoms with E-state index < -0.39 is 11.9 Å². The highest BCUT2D eigenvalue weighted by molar-refractivity contribution is 5.92. The lowest BCUT2D eigenvalue weighted by Gasteiger charge is -2.22. The van der Waals surface area contributed by atoms with Gasteiger partial charge in [0.15, 0.2) is 5.82 Å². The molecule has 0 spiro atoms. The number of pyridine rings is 1. The second kappa shape index (κ2) is 7.81. The van der Waals surface area contributed by atoms with Crippen LogP contribution in [0.1, 0.15) is 54.9 Å². The van der Waals surface area contributed by atoms with Gasteiger partial charge in [0.25, 0.3) is 5.91 Å². The number of aromatic nitrogens is 4. The van der Waals surface area contributed by atoms with E-state index in [0.29, 0.717) is 31.0 Å². The van der Waals surface area contributed by atoms with Gasteiger partial charge in [0, 0.05) is 19.0 Å². The van der Waals surface area contributed by atoms with Crippen LogP contribution in [-0.4, -0.2) is 49.5 Å². The number of amides is 2. The molecular weight excluding hydrogens is 351 g/mol. The van der Waals surface area contributed by atoms with Crippen LogP contribution in [0.2, 0.25) is 0 Å². The zero-order valence-electron chi connectivity index (χ0n) is 15.6. The van der Waals surface area contributed by atoms with Gasteiger partial charge in [-0.3, -0.25) is 14.7 Å². The van der Waals surface area contributed by atoms with Crippen LogP contribution < -0.4 is 5.32 Å². The zero-order valence-corrected chi connectivity index (χ0v) is 15.6. The highest BCUT2D eigenvalue weighted by atomic mass is 19.1. The fraction of sp³-hybridized carbons (Fsp3) is 0.500. The van der Waals surface area contributed by atoms with E-state index in [1.165, 1.54) is 12.1 Å². The number of rotatable bonds is 5. The number of hydrogen-bond acceptors (Lipinski definition) is 5. The Kier molecular flexibility index (Phi) is 5.48. The van der Waals surface area contributed by atoms with Crippen LogP contribution in [0.15, 0.2) is 18.3 Å². The molecule has 0 aromatic carbocycles. The van der Waals surface area contributed by atoms with Crippen molar-refractivity contribution in [3.05, 3.63) is 41.5 Å². The van der Waals surface area contributed by atoms with Gasteiger partial charge in [-0.25, -0.2) is 14.4 Å². The Balaban J connectivity index is 1.80. The van der Waals surface area contributed by atoms with E-state index >= 15 is 0 Å². The Hall–Kier alpha value is -2.84. The summed E-state index contributed by atoms with van der Waals surface area (Å²) in [5.74, 6) is 0.484. The lowest BCUT2D eigenvalue weighted by atomic mass is 10.1. The summed E-state index contributed by atoms with van der Waals surface area (Å²) in [6.07, 6.45) is 1.94. The van der Waals surface area contributed by atoms with E-state index in [1.807, 2.05) is 13.8 Å². The Morgan fingerprint density at radius 1 is 1.41 bits per heavy atom. The van der Waals surface area contributed by atoms with Crippen LogP contribution in [0, 0.1) is 18.7 Å². The van der Waals surface area contributed by atoms with Crippen molar-refractivity contribution in [2.45, 2.75) is 45.7 Å². The molecule has 0 radical (unpaired) electrons. The van der Waals surface area contributed by atoms with Gasteiger partial charge in [-0.1, -0.05) is 13.8 Å². The summed E-state index contributed by atoms with van der Waals surface area (Å²) in [6, 6.07) is 1.95. The monoisotopic (exact) mass is 374 g/mol. The van der Waals surface area contributed by atoms with Gasteiger partial charge >= 0.3 is 0 Å². The Bertz CT molecular complexity index is 820. The summed E-state index contributed by atoms with van der Waals surface area (Å²) in [4.78, 5) is 34.9. The highest BCUT2D eigenvalue weighted by Gasteiger charge is 2.39. The molecule has 2 aromatic rings. The Morgan fingerprint density at radius 2 is 2.19 bits per heavy atom. The molecule has 1 aliphatic rings. The SMILES string of the molecule is Cc1nc([C@@H]2C[C@H](NC(=O)CC(C)C)CN2C(=O)c2ccc(F)cn2)n[nH]1. The molecule has 2 amide bonds. The molecule has 0 bridgehead atoms. The molecule has 1 aliphatic heterocycles. The Labute approximate surface area is 156 Å². The van der Waals surface area contributed by atoms with Gasteiger partial charge < -0.3 is 10.2 Å². The lowest BCUT2D eigenvalue weighted by molar-refractivity contribution is -0.122. The number of hydrogen-bond donors (Lipinski definition) is 2. The number of nitrogens with one attached hydrogen (secondary N) is 2. The first-order valence-electron chi connectivity index (χ1n) is 8.94. The van der Waals surface area contributed by atoms with Crippen LogP contribution in [0.5, 0.6) is 0 Å². The minimum atomic E-state index is -0.507. The second-order valence-corrected chi connectivity index (χ2v) is 7.21.